The Kier molecular flexibility index (Phi) is 4.70. The van der Waals surface area contributed by atoms with Gasteiger partial charge in [0.2, 0.25) is 0 Å². The van der Waals surface area contributed by atoms with Gasteiger partial charge in [0.15, 0.2) is 0 Å². The smallest absolute Gasteiger partial charge is 0.274 e. The van der Waals surface area contributed by atoms with Crippen molar-refractivity contribution < 1.29 is 4.79 Å². The van der Waals surface area contributed by atoms with E-state index in [1.54, 1.807) is 0 Å². The lowest BCUT2D eigenvalue weighted by Gasteiger charge is -2.28. The van der Waals surface area contributed by atoms with Crippen LogP contribution in [0.25, 0.3) is 11.4 Å². The summed E-state index contributed by atoms with van der Waals surface area (Å²) < 4.78 is 2.31. The van der Waals surface area contributed by atoms with Gasteiger partial charge in [0, 0.05) is 25.2 Å². The van der Waals surface area contributed by atoms with Crippen LogP contribution in [0.3, 0.4) is 0 Å². The number of aryl methyl sites for hydroxylation is 1. The van der Waals surface area contributed by atoms with Gasteiger partial charge in [-0.15, -0.1) is 0 Å². The highest BCUT2D eigenvalue weighted by atomic mass is 16.2. The number of amides is 1. The first-order chi connectivity index (χ1) is 14.2. The average molecular weight is 386 g/mol. The Bertz CT molecular complexity index is 1050. The van der Waals surface area contributed by atoms with Crippen molar-refractivity contribution >= 4 is 5.91 Å². The predicted molar refractivity (Wildman–Crippen MR) is 115 cm³/mol. The number of hydrogen-bond donors (Lipinski definition) is 0. The van der Waals surface area contributed by atoms with Crippen molar-refractivity contribution in [3.8, 4) is 11.4 Å². The molecule has 29 heavy (non-hydrogen) atoms. The molecule has 2 aliphatic rings. The third-order valence-electron chi connectivity index (χ3n) is 6.30. The molecule has 0 aliphatic carbocycles. The molecule has 0 N–H and O–H groups in total. The molecule has 148 valence electrons. The summed E-state index contributed by atoms with van der Waals surface area (Å²) in [5.74, 6) is 1.03. The van der Waals surface area contributed by atoms with Crippen LogP contribution in [0.15, 0.2) is 48.5 Å². The molecule has 3 aromatic rings. The molecule has 2 aliphatic heterocycles. The zero-order valence-electron chi connectivity index (χ0n) is 17.0. The van der Waals surface area contributed by atoms with E-state index in [2.05, 4.69) is 60.0 Å². The minimum absolute atomic E-state index is 0.0866. The third kappa shape index (κ3) is 3.37. The lowest BCUT2D eigenvalue weighted by molar-refractivity contribution is 0.0728. The van der Waals surface area contributed by atoms with Crippen molar-refractivity contribution in [1.29, 1.82) is 0 Å². The number of carbonyl (C=O) groups is 1. The summed E-state index contributed by atoms with van der Waals surface area (Å²) >= 11 is 0. The summed E-state index contributed by atoms with van der Waals surface area (Å²) in [7, 11) is 0. The molecule has 0 unspecified atom stereocenters. The quantitative estimate of drug-likeness (QED) is 0.636. The number of aromatic nitrogens is 2. The molecular formula is C25H27N3O. The molecule has 2 aromatic carbocycles. The largest absolute Gasteiger partial charge is 0.333 e. The highest BCUT2D eigenvalue weighted by Crippen LogP contribution is 2.29. The van der Waals surface area contributed by atoms with Crippen molar-refractivity contribution in [2.45, 2.75) is 52.1 Å². The SMILES string of the molecule is Cc1ccc(-c2nc(C(=O)N3CCc4ccccc4C3)c3n2CCCCC3)cc1. The topological polar surface area (TPSA) is 38.1 Å². The summed E-state index contributed by atoms with van der Waals surface area (Å²) in [5, 5.41) is 0. The Labute approximate surface area is 172 Å². The summed E-state index contributed by atoms with van der Waals surface area (Å²) in [5.41, 5.74) is 6.75. The van der Waals surface area contributed by atoms with Crippen LogP contribution >= 0.6 is 0 Å². The lowest BCUT2D eigenvalue weighted by Crippen LogP contribution is -2.36. The van der Waals surface area contributed by atoms with E-state index in [-0.39, 0.29) is 5.91 Å². The number of imidazole rings is 1. The second kappa shape index (κ2) is 7.51. The van der Waals surface area contributed by atoms with E-state index >= 15 is 0 Å². The van der Waals surface area contributed by atoms with Gasteiger partial charge in [0.25, 0.3) is 5.91 Å². The van der Waals surface area contributed by atoms with Gasteiger partial charge < -0.3 is 9.47 Å². The van der Waals surface area contributed by atoms with E-state index in [0.717, 1.165) is 55.9 Å². The van der Waals surface area contributed by atoms with E-state index in [1.807, 2.05) is 4.90 Å². The molecule has 0 bridgehead atoms. The first-order valence-electron chi connectivity index (χ1n) is 10.7. The van der Waals surface area contributed by atoms with Gasteiger partial charge in [-0.1, -0.05) is 60.5 Å². The second-order valence-electron chi connectivity index (χ2n) is 8.30. The maximum atomic E-state index is 13.5. The standard InChI is InChI=1S/C25H27N3O/c1-18-10-12-20(13-11-18)24-26-23(22-9-3-2-6-15-28(22)24)25(29)27-16-14-19-7-4-5-8-21(19)17-27/h4-5,7-8,10-13H,2-3,6,9,14-17H2,1H3. The van der Waals surface area contributed by atoms with Crippen LogP contribution in [0.5, 0.6) is 0 Å². The van der Waals surface area contributed by atoms with Crippen LogP contribution in [-0.4, -0.2) is 26.9 Å². The zero-order valence-corrected chi connectivity index (χ0v) is 17.0. The Hall–Kier alpha value is -2.88. The summed E-state index contributed by atoms with van der Waals surface area (Å²) in [6.07, 6.45) is 5.34. The van der Waals surface area contributed by atoms with Gasteiger partial charge in [-0.2, -0.15) is 0 Å². The van der Waals surface area contributed by atoms with Crippen molar-refractivity contribution in [2.75, 3.05) is 6.54 Å². The van der Waals surface area contributed by atoms with E-state index in [9.17, 15) is 4.79 Å². The molecule has 5 rings (SSSR count). The van der Waals surface area contributed by atoms with Crippen LogP contribution in [0.1, 0.15) is 52.1 Å². The Morgan fingerprint density at radius 2 is 1.69 bits per heavy atom. The van der Waals surface area contributed by atoms with Crippen LogP contribution in [0.2, 0.25) is 0 Å². The van der Waals surface area contributed by atoms with Gasteiger partial charge in [0.05, 0.1) is 5.69 Å². The van der Waals surface area contributed by atoms with E-state index < -0.39 is 0 Å². The molecular weight excluding hydrogens is 358 g/mol. The molecule has 4 nitrogen and oxygen atoms in total. The monoisotopic (exact) mass is 385 g/mol. The molecule has 0 spiro atoms. The molecule has 0 saturated carbocycles. The molecule has 0 atom stereocenters. The van der Waals surface area contributed by atoms with E-state index in [4.69, 9.17) is 4.98 Å². The van der Waals surface area contributed by atoms with Gasteiger partial charge in [0.1, 0.15) is 11.5 Å². The third-order valence-corrected chi connectivity index (χ3v) is 6.30. The number of carbonyl (C=O) groups excluding carboxylic acids is 1. The van der Waals surface area contributed by atoms with Crippen LogP contribution < -0.4 is 0 Å². The van der Waals surface area contributed by atoms with Crippen molar-refractivity contribution in [3.05, 3.63) is 76.6 Å². The van der Waals surface area contributed by atoms with Crippen molar-refractivity contribution in [3.63, 3.8) is 0 Å². The van der Waals surface area contributed by atoms with E-state index in [0.29, 0.717) is 12.2 Å². The minimum atomic E-state index is 0.0866. The molecule has 0 fully saturated rings. The molecule has 4 heteroatoms. The number of fused-ring (bicyclic) bond motifs is 2. The highest BCUT2D eigenvalue weighted by Gasteiger charge is 2.29. The predicted octanol–water partition coefficient (Wildman–Crippen LogP) is 4.78. The number of nitrogens with zero attached hydrogens (tertiary/aromatic N) is 3. The molecule has 0 saturated heterocycles. The van der Waals surface area contributed by atoms with Gasteiger partial charge in [-0.05, 0) is 43.7 Å². The molecule has 0 radical (unpaired) electrons. The lowest BCUT2D eigenvalue weighted by atomic mass is 9.99. The van der Waals surface area contributed by atoms with Gasteiger partial charge in [-0.3, -0.25) is 4.79 Å². The Balaban J connectivity index is 1.53. The molecule has 1 aromatic heterocycles. The number of rotatable bonds is 2. The number of benzene rings is 2. The fourth-order valence-corrected chi connectivity index (χ4v) is 4.63. The fraction of sp³-hybridized carbons (Fsp3) is 0.360. The maximum absolute atomic E-state index is 13.5. The minimum Gasteiger partial charge on any atom is -0.333 e. The summed E-state index contributed by atoms with van der Waals surface area (Å²) in [6, 6.07) is 17.0. The average Bonchev–Trinajstić information content (AvgIpc) is 2.94. The molecule has 1 amide bonds. The van der Waals surface area contributed by atoms with Crippen LogP contribution in [-0.2, 0) is 25.9 Å². The summed E-state index contributed by atoms with van der Waals surface area (Å²) in [6.45, 7) is 4.49. The zero-order chi connectivity index (χ0) is 19.8. The van der Waals surface area contributed by atoms with Crippen LogP contribution in [0, 0.1) is 6.92 Å². The van der Waals surface area contributed by atoms with E-state index in [1.165, 1.54) is 23.1 Å². The van der Waals surface area contributed by atoms with Crippen LogP contribution in [0.4, 0.5) is 0 Å². The number of hydrogen-bond acceptors (Lipinski definition) is 2. The second-order valence-corrected chi connectivity index (χ2v) is 8.30. The molecule has 3 heterocycles. The van der Waals surface area contributed by atoms with Crippen molar-refractivity contribution in [2.24, 2.45) is 0 Å². The first kappa shape index (κ1) is 18.2. The highest BCUT2D eigenvalue weighted by molar-refractivity contribution is 5.94. The Morgan fingerprint density at radius 3 is 2.52 bits per heavy atom. The van der Waals surface area contributed by atoms with Gasteiger partial charge >= 0.3 is 0 Å². The maximum Gasteiger partial charge on any atom is 0.274 e. The fourth-order valence-electron chi connectivity index (χ4n) is 4.63. The summed E-state index contributed by atoms with van der Waals surface area (Å²) in [4.78, 5) is 20.5. The van der Waals surface area contributed by atoms with Gasteiger partial charge in [-0.25, -0.2) is 4.98 Å². The van der Waals surface area contributed by atoms with Crippen molar-refractivity contribution in [1.82, 2.24) is 14.5 Å². The normalized spacial score (nSPS) is 16.1. The first-order valence-corrected chi connectivity index (χ1v) is 10.7. The Morgan fingerprint density at radius 1 is 0.897 bits per heavy atom.